The summed E-state index contributed by atoms with van der Waals surface area (Å²) in [5.74, 6) is 0.254. The molecule has 8 nitrogen and oxygen atoms in total. The lowest BCUT2D eigenvalue weighted by Gasteiger charge is -2.33. The summed E-state index contributed by atoms with van der Waals surface area (Å²) in [7, 11) is -3.41. The van der Waals surface area contributed by atoms with Gasteiger partial charge in [-0.05, 0) is 12.5 Å². The number of aromatic nitrogens is 3. The van der Waals surface area contributed by atoms with Gasteiger partial charge < -0.3 is 15.2 Å². The maximum Gasteiger partial charge on any atom is 0.224 e. The molecular formula is C16H22F2N6O2S. The second-order valence-electron chi connectivity index (χ2n) is 7.11. The highest BCUT2D eigenvalue weighted by atomic mass is 32.2. The van der Waals surface area contributed by atoms with Crippen LogP contribution in [0, 0.1) is 0 Å². The maximum atomic E-state index is 14.5. The third kappa shape index (κ3) is 3.63. The van der Waals surface area contributed by atoms with Gasteiger partial charge in [-0.1, -0.05) is 0 Å². The second kappa shape index (κ2) is 6.95. The van der Waals surface area contributed by atoms with Crippen molar-refractivity contribution in [2.75, 3.05) is 37.8 Å². The Morgan fingerprint density at radius 3 is 2.78 bits per heavy atom. The highest BCUT2D eigenvalue weighted by Crippen LogP contribution is 2.26. The topological polar surface area (TPSA) is 92.2 Å². The van der Waals surface area contributed by atoms with Crippen molar-refractivity contribution in [3.63, 3.8) is 0 Å². The Hall–Kier alpha value is -1.85. The minimum absolute atomic E-state index is 0.188. The van der Waals surface area contributed by atoms with Gasteiger partial charge in [-0.2, -0.15) is 9.29 Å². The van der Waals surface area contributed by atoms with Crippen molar-refractivity contribution in [3.8, 4) is 0 Å². The zero-order valence-corrected chi connectivity index (χ0v) is 15.7. The molecule has 0 unspecified atom stereocenters. The highest BCUT2D eigenvalue weighted by Gasteiger charge is 2.34. The number of fused-ring (bicyclic) bond motifs is 1. The first-order chi connectivity index (χ1) is 12.8. The van der Waals surface area contributed by atoms with Crippen LogP contribution in [0.15, 0.2) is 18.5 Å². The molecule has 4 rings (SSSR count). The summed E-state index contributed by atoms with van der Waals surface area (Å²) in [6.07, 6.45) is 2.44. The molecule has 0 radical (unpaired) electrons. The molecule has 0 aromatic carbocycles. The molecule has 2 aromatic rings. The van der Waals surface area contributed by atoms with E-state index < -0.39 is 28.4 Å². The SMILES string of the molecule is CS(=O)(=O)N1CC[C@@H](Nc2ncc3ccn([C@@H]4CNC[C@@H]4F)c3n2)[C@H](F)C1. The first-order valence-electron chi connectivity index (χ1n) is 8.87. The number of sulfonamides is 1. The Kier molecular flexibility index (Phi) is 4.77. The summed E-state index contributed by atoms with van der Waals surface area (Å²) in [4.78, 5) is 8.68. The molecular weight excluding hydrogens is 378 g/mol. The molecule has 4 heterocycles. The number of hydrogen-bond donors (Lipinski definition) is 2. The smallest absolute Gasteiger partial charge is 0.224 e. The predicted octanol–water partition coefficient (Wildman–Crippen LogP) is 0.698. The average molecular weight is 400 g/mol. The van der Waals surface area contributed by atoms with E-state index in [4.69, 9.17) is 0 Å². The van der Waals surface area contributed by atoms with E-state index in [2.05, 4.69) is 20.6 Å². The normalized spacial score (nSPS) is 30.0. The van der Waals surface area contributed by atoms with Crippen LogP contribution in [0.25, 0.3) is 11.0 Å². The van der Waals surface area contributed by atoms with Gasteiger partial charge in [0.1, 0.15) is 18.0 Å². The number of hydrogen-bond acceptors (Lipinski definition) is 6. The zero-order chi connectivity index (χ0) is 19.2. The summed E-state index contributed by atoms with van der Waals surface area (Å²) in [5.41, 5.74) is 0.591. The van der Waals surface area contributed by atoms with E-state index in [0.717, 1.165) is 15.9 Å². The van der Waals surface area contributed by atoms with E-state index in [-0.39, 0.29) is 25.1 Å². The van der Waals surface area contributed by atoms with Gasteiger partial charge in [0.2, 0.25) is 16.0 Å². The van der Waals surface area contributed by atoms with Crippen LogP contribution < -0.4 is 10.6 Å². The fraction of sp³-hybridized carbons (Fsp3) is 0.625. The molecule has 2 N–H and O–H groups in total. The molecule has 0 saturated carbocycles. The molecule has 0 amide bonds. The molecule has 0 spiro atoms. The lowest BCUT2D eigenvalue weighted by Crippen LogP contribution is -2.49. The number of halogens is 2. The second-order valence-corrected chi connectivity index (χ2v) is 9.10. The van der Waals surface area contributed by atoms with E-state index in [9.17, 15) is 17.2 Å². The van der Waals surface area contributed by atoms with Gasteiger partial charge in [0.05, 0.1) is 18.3 Å². The summed E-state index contributed by atoms with van der Waals surface area (Å²) < 4.78 is 54.6. The van der Waals surface area contributed by atoms with Crippen molar-refractivity contribution in [1.82, 2.24) is 24.2 Å². The van der Waals surface area contributed by atoms with Crippen molar-refractivity contribution in [2.45, 2.75) is 30.8 Å². The van der Waals surface area contributed by atoms with Crippen LogP contribution in [0.3, 0.4) is 0 Å². The Balaban J connectivity index is 1.53. The molecule has 2 saturated heterocycles. The van der Waals surface area contributed by atoms with Gasteiger partial charge >= 0.3 is 0 Å². The van der Waals surface area contributed by atoms with Gasteiger partial charge in [-0.15, -0.1) is 0 Å². The van der Waals surface area contributed by atoms with E-state index in [1.807, 2.05) is 6.07 Å². The van der Waals surface area contributed by atoms with Gasteiger partial charge in [0.25, 0.3) is 0 Å². The molecule has 2 aromatic heterocycles. The number of rotatable bonds is 4. The van der Waals surface area contributed by atoms with Crippen LogP contribution in [0.5, 0.6) is 0 Å². The molecule has 2 aliphatic rings. The van der Waals surface area contributed by atoms with Crippen LogP contribution >= 0.6 is 0 Å². The van der Waals surface area contributed by atoms with Crippen molar-refractivity contribution in [1.29, 1.82) is 0 Å². The predicted molar refractivity (Wildman–Crippen MR) is 97.7 cm³/mol. The Labute approximate surface area is 156 Å². The van der Waals surface area contributed by atoms with Gasteiger partial charge in [-0.3, -0.25) is 0 Å². The monoisotopic (exact) mass is 400 g/mol. The Bertz CT molecular complexity index is 936. The molecule has 11 heteroatoms. The van der Waals surface area contributed by atoms with Gasteiger partial charge in [0.15, 0.2) is 0 Å². The van der Waals surface area contributed by atoms with E-state index in [1.165, 1.54) is 0 Å². The third-order valence-corrected chi connectivity index (χ3v) is 6.48. The first-order valence-corrected chi connectivity index (χ1v) is 10.7. The van der Waals surface area contributed by atoms with E-state index in [1.54, 1.807) is 17.0 Å². The summed E-state index contributed by atoms with van der Waals surface area (Å²) in [6.45, 7) is 0.885. The van der Waals surface area contributed by atoms with Crippen molar-refractivity contribution < 1.29 is 17.2 Å². The Morgan fingerprint density at radius 1 is 1.30 bits per heavy atom. The van der Waals surface area contributed by atoms with Crippen LogP contribution in [0.2, 0.25) is 0 Å². The first kappa shape index (κ1) is 18.5. The maximum absolute atomic E-state index is 14.5. The molecule has 2 fully saturated rings. The number of alkyl halides is 2. The molecule has 148 valence electrons. The van der Waals surface area contributed by atoms with Crippen molar-refractivity contribution in [3.05, 3.63) is 18.5 Å². The molecule has 2 aliphatic heterocycles. The lowest BCUT2D eigenvalue weighted by atomic mass is 10.1. The van der Waals surface area contributed by atoms with E-state index >= 15 is 0 Å². The minimum atomic E-state index is -3.41. The molecule has 4 atom stereocenters. The van der Waals surface area contributed by atoms with Crippen LogP contribution in [-0.4, -0.2) is 78.1 Å². The van der Waals surface area contributed by atoms with E-state index in [0.29, 0.717) is 25.2 Å². The summed E-state index contributed by atoms with van der Waals surface area (Å²) in [5, 5.41) is 6.77. The zero-order valence-electron chi connectivity index (χ0n) is 14.8. The van der Waals surface area contributed by atoms with Gasteiger partial charge in [0, 0.05) is 44.0 Å². The number of piperidine rings is 1. The van der Waals surface area contributed by atoms with Crippen molar-refractivity contribution in [2.24, 2.45) is 0 Å². The molecule has 27 heavy (non-hydrogen) atoms. The third-order valence-electron chi connectivity index (χ3n) is 5.21. The highest BCUT2D eigenvalue weighted by molar-refractivity contribution is 7.88. The number of nitrogens with one attached hydrogen (secondary N) is 2. The quantitative estimate of drug-likeness (QED) is 0.785. The molecule has 0 bridgehead atoms. The fourth-order valence-corrected chi connectivity index (χ4v) is 4.54. The number of anilines is 1. The van der Waals surface area contributed by atoms with Crippen LogP contribution in [0.1, 0.15) is 12.5 Å². The minimum Gasteiger partial charge on any atom is -0.348 e. The number of nitrogens with zero attached hydrogens (tertiary/aromatic N) is 4. The summed E-state index contributed by atoms with van der Waals surface area (Å²) in [6, 6.07) is 0.912. The van der Waals surface area contributed by atoms with Crippen LogP contribution in [-0.2, 0) is 10.0 Å². The Morgan fingerprint density at radius 2 is 2.11 bits per heavy atom. The van der Waals surface area contributed by atoms with Gasteiger partial charge in [-0.25, -0.2) is 22.2 Å². The van der Waals surface area contributed by atoms with Crippen molar-refractivity contribution >= 4 is 27.0 Å². The fourth-order valence-electron chi connectivity index (χ4n) is 3.69. The average Bonchev–Trinajstić information content (AvgIpc) is 3.21. The van der Waals surface area contributed by atoms with Crippen LogP contribution in [0.4, 0.5) is 14.7 Å². The summed E-state index contributed by atoms with van der Waals surface area (Å²) >= 11 is 0. The largest absolute Gasteiger partial charge is 0.348 e. The molecule has 0 aliphatic carbocycles. The standard InChI is InChI=1S/C16H22F2N6O2S/c1-27(25,26)23-4-3-13(12(18)9-23)21-16-20-6-10-2-5-24(15(10)22-16)14-8-19-7-11(14)17/h2,5-6,11-14,19H,3-4,7-9H2,1H3,(H,20,21,22)/t11-,12+,13+,14+/m0/s1. The lowest BCUT2D eigenvalue weighted by molar-refractivity contribution is 0.186.